The maximum atomic E-state index is 12.8. The van der Waals surface area contributed by atoms with Crippen LogP contribution in [-0.4, -0.2) is 97.7 Å². The maximum Gasteiger partial charge on any atom is 0.329 e. The highest BCUT2D eigenvalue weighted by molar-refractivity contribution is 7.09. The molecule has 2 heterocycles. The Balaban J connectivity index is 0.000000512. The minimum atomic E-state index is -1.21. The maximum absolute atomic E-state index is 12.8. The second-order valence-electron chi connectivity index (χ2n) is 7.78. The number of carbonyl (C=O) groups is 2. The number of amides is 1. The number of aliphatic carboxylic acids is 1. The number of methoxy groups -OCH3 is 1. The van der Waals surface area contributed by atoms with Gasteiger partial charge in [0.1, 0.15) is 12.1 Å². The van der Waals surface area contributed by atoms with E-state index in [0.29, 0.717) is 30.9 Å². The van der Waals surface area contributed by atoms with Crippen LogP contribution in [0.1, 0.15) is 33.1 Å². The molecule has 0 radical (unpaired) electrons. The summed E-state index contributed by atoms with van der Waals surface area (Å²) in [5, 5.41) is 37.9. The van der Waals surface area contributed by atoms with Crippen molar-refractivity contribution in [2.24, 2.45) is 11.7 Å². The van der Waals surface area contributed by atoms with Gasteiger partial charge in [0.15, 0.2) is 0 Å². The molecular formula is C18H33N5O7S. The second-order valence-corrected chi connectivity index (χ2v) is 8.53. The van der Waals surface area contributed by atoms with E-state index >= 15 is 0 Å². The molecule has 1 aromatic rings. The van der Waals surface area contributed by atoms with Gasteiger partial charge in [-0.25, -0.2) is 4.79 Å². The molecule has 1 aliphatic rings. The quantitative estimate of drug-likeness (QED) is 0.252. The van der Waals surface area contributed by atoms with Gasteiger partial charge in [-0.3, -0.25) is 4.79 Å². The molecule has 1 amide bonds. The molecule has 0 aromatic carbocycles. The summed E-state index contributed by atoms with van der Waals surface area (Å²) in [5.74, 6) is -0.869. The van der Waals surface area contributed by atoms with E-state index < -0.39 is 43.4 Å². The number of carbonyl (C=O) groups excluding carboxylic acids is 1. The number of nitrogens with two attached hydrogens (primary N) is 1. The van der Waals surface area contributed by atoms with Gasteiger partial charge in [0.05, 0.1) is 32.5 Å². The van der Waals surface area contributed by atoms with Crippen LogP contribution in [0.2, 0.25) is 0 Å². The fourth-order valence-electron chi connectivity index (χ4n) is 2.83. The highest BCUT2D eigenvalue weighted by Gasteiger charge is 2.37. The second kappa shape index (κ2) is 12.7. The van der Waals surface area contributed by atoms with E-state index in [2.05, 4.69) is 14.7 Å². The van der Waals surface area contributed by atoms with Crippen LogP contribution in [0.15, 0.2) is 0 Å². The van der Waals surface area contributed by atoms with E-state index in [9.17, 15) is 14.7 Å². The number of ether oxygens (including phenoxy) is 1. The summed E-state index contributed by atoms with van der Waals surface area (Å²) >= 11 is 1.11. The Hall–Kier alpha value is -2.06. The zero-order valence-corrected chi connectivity index (χ0v) is 18.8. The molecule has 2 atom stereocenters. The van der Waals surface area contributed by atoms with Crippen molar-refractivity contribution in [3.8, 4) is 6.01 Å². The van der Waals surface area contributed by atoms with Gasteiger partial charge in [0.2, 0.25) is 11.0 Å². The monoisotopic (exact) mass is 463 g/mol. The van der Waals surface area contributed by atoms with Crippen LogP contribution in [0, 0.1) is 5.92 Å². The normalized spacial score (nSPS) is 17.2. The predicted molar refractivity (Wildman–Crippen MR) is 114 cm³/mol. The number of likely N-dealkylation sites (tertiary alicyclic amines) is 1. The van der Waals surface area contributed by atoms with E-state index in [1.165, 1.54) is 12.0 Å². The van der Waals surface area contributed by atoms with Crippen LogP contribution in [0.3, 0.4) is 0 Å². The molecule has 1 aromatic heterocycles. The van der Waals surface area contributed by atoms with Crippen molar-refractivity contribution in [1.82, 2.24) is 14.3 Å². The molecule has 0 spiro atoms. The Morgan fingerprint density at radius 1 is 1.32 bits per heavy atom. The molecule has 1 fully saturated rings. The van der Waals surface area contributed by atoms with E-state index in [0.717, 1.165) is 11.5 Å². The molecule has 1 saturated heterocycles. The van der Waals surface area contributed by atoms with E-state index in [4.69, 9.17) is 25.8 Å². The average Bonchev–Trinajstić information content (AvgIpc) is 3.42. The van der Waals surface area contributed by atoms with Crippen LogP contribution in [0.4, 0.5) is 5.13 Å². The summed E-state index contributed by atoms with van der Waals surface area (Å²) in [6.07, 6.45) is 1.80. The summed E-state index contributed by atoms with van der Waals surface area (Å²) in [7, 11) is 1.48. The number of aliphatic hydroxyl groups is 3. The van der Waals surface area contributed by atoms with Crippen molar-refractivity contribution in [3.63, 3.8) is 0 Å². The summed E-state index contributed by atoms with van der Waals surface area (Å²) in [5.41, 5.74) is 3.94. The van der Waals surface area contributed by atoms with Gasteiger partial charge in [0.25, 0.3) is 0 Å². The van der Waals surface area contributed by atoms with Gasteiger partial charge in [-0.05, 0) is 25.2 Å². The minimum absolute atomic E-state index is 0.197. The van der Waals surface area contributed by atoms with E-state index in [-0.39, 0.29) is 17.8 Å². The smallest absolute Gasteiger partial charge is 0.329 e. The lowest BCUT2D eigenvalue weighted by Crippen LogP contribution is -2.50. The topological polar surface area (TPSA) is 191 Å². The van der Waals surface area contributed by atoms with Crippen molar-refractivity contribution in [2.75, 3.05) is 38.8 Å². The Labute approximate surface area is 185 Å². The molecular weight excluding hydrogens is 430 g/mol. The molecule has 0 aliphatic carbocycles. The first kappa shape index (κ1) is 27.0. The zero-order valence-electron chi connectivity index (χ0n) is 18.0. The number of nitrogens with one attached hydrogen (secondary N) is 1. The molecule has 7 N–H and O–H groups in total. The number of carboxylic acid groups (broad SMARTS) is 1. The first-order chi connectivity index (χ1) is 14.6. The molecule has 2 rings (SSSR count). The minimum Gasteiger partial charge on any atom is -0.480 e. The number of rotatable bonds is 10. The molecule has 0 bridgehead atoms. The van der Waals surface area contributed by atoms with Crippen molar-refractivity contribution in [3.05, 3.63) is 0 Å². The zero-order chi connectivity index (χ0) is 23.6. The standard InChI is InChI=1S/C14H22N4O4S.C4H11NO3/c1-8(2)7-9(15-14-16-13(22-3)17-23-14)11(19)18-6-4-5-10(18)12(20)21;5-4(1-6,2-7)3-8/h8-10H,4-7H2,1-3H3,(H,20,21)(H,15,16,17);6-8H,1-3,5H2/t9-,10-;/m0./s1. The summed E-state index contributed by atoms with van der Waals surface area (Å²) in [4.78, 5) is 29.7. The van der Waals surface area contributed by atoms with Gasteiger partial charge < -0.3 is 41.1 Å². The number of hydrogen-bond acceptors (Lipinski definition) is 11. The summed E-state index contributed by atoms with van der Waals surface area (Å²) < 4.78 is 8.94. The van der Waals surface area contributed by atoms with Crippen LogP contribution in [0.5, 0.6) is 6.01 Å². The fourth-order valence-corrected chi connectivity index (χ4v) is 3.42. The Morgan fingerprint density at radius 3 is 2.35 bits per heavy atom. The van der Waals surface area contributed by atoms with Gasteiger partial charge in [-0.1, -0.05) is 13.8 Å². The van der Waals surface area contributed by atoms with Gasteiger partial charge in [-0.2, -0.15) is 4.98 Å². The lowest BCUT2D eigenvalue weighted by molar-refractivity contribution is -0.148. The first-order valence-electron chi connectivity index (χ1n) is 9.89. The van der Waals surface area contributed by atoms with Crippen LogP contribution >= 0.6 is 11.5 Å². The number of nitrogens with zero attached hydrogens (tertiary/aromatic N) is 3. The van der Waals surface area contributed by atoms with Gasteiger partial charge >= 0.3 is 12.0 Å². The number of anilines is 1. The van der Waals surface area contributed by atoms with Crippen LogP contribution in [0.25, 0.3) is 0 Å². The number of aliphatic hydroxyl groups excluding tert-OH is 3. The Bertz CT molecular complexity index is 690. The number of carboxylic acids is 1. The predicted octanol–water partition coefficient (Wildman–Crippen LogP) is -0.890. The van der Waals surface area contributed by atoms with Crippen molar-refractivity contribution in [2.45, 2.75) is 50.7 Å². The third-order valence-corrected chi connectivity index (χ3v) is 5.29. The average molecular weight is 464 g/mol. The van der Waals surface area contributed by atoms with Crippen molar-refractivity contribution < 1.29 is 34.8 Å². The van der Waals surface area contributed by atoms with Crippen LogP contribution < -0.4 is 15.8 Å². The summed E-state index contributed by atoms with van der Waals surface area (Å²) in [6, 6.07) is -1.01. The van der Waals surface area contributed by atoms with Gasteiger partial charge in [-0.15, -0.1) is 4.37 Å². The molecule has 13 heteroatoms. The van der Waals surface area contributed by atoms with Crippen LogP contribution in [-0.2, 0) is 9.59 Å². The Morgan fingerprint density at radius 2 is 1.94 bits per heavy atom. The molecule has 178 valence electrons. The third kappa shape index (κ3) is 8.18. The SMILES string of the molecule is COc1nsc(N[C@@H](CC(C)C)C(=O)N2CCC[C@H]2C(=O)O)n1.NC(CO)(CO)CO. The molecule has 0 saturated carbocycles. The molecule has 31 heavy (non-hydrogen) atoms. The fraction of sp³-hybridized carbons (Fsp3) is 0.778. The first-order valence-corrected chi connectivity index (χ1v) is 10.7. The van der Waals surface area contributed by atoms with Crippen molar-refractivity contribution >= 4 is 28.5 Å². The van der Waals surface area contributed by atoms with E-state index in [1.54, 1.807) is 0 Å². The van der Waals surface area contributed by atoms with Gasteiger partial charge in [0, 0.05) is 18.1 Å². The lowest BCUT2D eigenvalue weighted by Gasteiger charge is -2.28. The molecule has 1 aliphatic heterocycles. The van der Waals surface area contributed by atoms with E-state index in [1.807, 2.05) is 13.8 Å². The lowest BCUT2D eigenvalue weighted by atomic mass is 10.0. The Kier molecular flexibility index (Phi) is 11.1. The molecule has 0 unspecified atom stereocenters. The summed E-state index contributed by atoms with van der Waals surface area (Å²) in [6.45, 7) is 3.30. The van der Waals surface area contributed by atoms with Crippen molar-refractivity contribution in [1.29, 1.82) is 0 Å². The largest absolute Gasteiger partial charge is 0.480 e. The third-order valence-electron chi connectivity index (χ3n) is 4.66. The highest BCUT2D eigenvalue weighted by atomic mass is 32.1. The highest BCUT2D eigenvalue weighted by Crippen LogP contribution is 2.23. The molecule has 12 nitrogen and oxygen atoms in total. The number of hydrogen-bond donors (Lipinski definition) is 6. The number of aromatic nitrogens is 2.